The molecule has 1 aliphatic rings. The molecule has 0 amide bonds. The molecule has 0 radical (unpaired) electrons. The molecule has 0 spiro atoms. The number of furan rings is 1. The molecule has 1 aliphatic heterocycles. The molecule has 3 heterocycles. The third-order valence-electron chi connectivity index (χ3n) is 8.40. The molecular weight excluding hydrogens is 485 g/mol. The summed E-state index contributed by atoms with van der Waals surface area (Å²) in [4.78, 5) is 0. The molecule has 4 heteroatoms. The molecule has 2 aromatic heterocycles. The summed E-state index contributed by atoms with van der Waals surface area (Å²) in [6, 6.07) is 27.1. The van der Waals surface area contributed by atoms with Crippen LogP contribution in [0.4, 0.5) is 4.39 Å². The van der Waals surface area contributed by atoms with Crippen molar-refractivity contribution in [1.82, 2.24) is 0 Å². The lowest BCUT2D eigenvalue weighted by molar-refractivity contribution is -0.660. The van der Waals surface area contributed by atoms with Gasteiger partial charge in [0.25, 0.3) is 0 Å². The maximum Gasteiger partial charge on any atom is 0.216 e. The number of rotatable bonds is 2. The number of benzene rings is 4. The summed E-state index contributed by atoms with van der Waals surface area (Å²) in [6.07, 6.45) is 2.07. The summed E-state index contributed by atoms with van der Waals surface area (Å²) < 4.78 is 24.5. The molecule has 0 bridgehead atoms. The summed E-state index contributed by atoms with van der Waals surface area (Å²) in [6.45, 7) is 8.98. The van der Waals surface area contributed by atoms with Gasteiger partial charge in [0.2, 0.25) is 5.69 Å². The first-order chi connectivity index (χ1) is 18.3. The zero-order valence-electron chi connectivity index (χ0n) is 22.3. The first-order valence-electron chi connectivity index (χ1n) is 13.1. The summed E-state index contributed by atoms with van der Waals surface area (Å²) in [5.41, 5.74) is 9.87. The van der Waals surface area contributed by atoms with Crippen LogP contribution in [0.1, 0.15) is 11.1 Å². The number of pyridine rings is 1. The second kappa shape index (κ2) is 7.99. The van der Waals surface area contributed by atoms with E-state index < -0.39 is 8.07 Å². The van der Waals surface area contributed by atoms with Crippen LogP contribution in [-0.4, -0.2) is 8.07 Å². The van der Waals surface area contributed by atoms with E-state index in [1.54, 1.807) is 6.07 Å². The zero-order chi connectivity index (χ0) is 26.3. The number of fused-ring (bicyclic) bond motifs is 6. The second-order valence-electron chi connectivity index (χ2n) is 11.2. The van der Waals surface area contributed by atoms with Gasteiger partial charge in [-0.2, -0.15) is 0 Å². The van der Waals surface area contributed by atoms with E-state index in [1.165, 1.54) is 27.1 Å². The third-order valence-corrected chi connectivity index (χ3v) is 11.9. The van der Waals surface area contributed by atoms with Crippen molar-refractivity contribution in [3.8, 4) is 33.5 Å². The highest BCUT2D eigenvalue weighted by Crippen LogP contribution is 2.42. The van der Waals surface area contributed by atoms with E-state index in [-0.39, 0.29) is 5.82 Å². The zero-order valence-corrected chi connectivity index (χ0v) is 23.3. The van der Waals surface area contributed by atoms with Crippen LogP contribution in [0.2, 0.25) is 13.1 Å². The first kappa shape index (κ1) is 23.1. The lowest BCUT2D eigenvalue weighted by Gasteiger charge is -2.19. The Morgan fingerprint density at radius 1 is 0.737 bits per heavy atom. The Hall–Kier alpha value is -4.02. The topological polar surface area (TPSA) is 17.0 Å². The van der Waals surface area contributed by atoms with Gasteiger partial charge in [-0.05, 0) is 64.2 Å². The number of aryl methyl sites for hydroxylation is 3. The van der Waals surface area contributed by atoms with Crippen molar-refractivity contribution in [3.63, 3.8) is 0 Å². The van der Waals surface area contributed by atoms with Gasteiger partial charge in [-0.25, -0.2) is 8.96 Å². The van der Waals surface area contributed by atoms with Gasteiger partial charge in [0.15, 0.2) is 6.20 Å². The monoisotopic (exact) mass is 514 g/mol. The molecule has 0 fully saturated rings. The largest absolute Gasteiger partial charge is 0.454 e. The van der Waals surface area contributed by atoms with Crippen LogP contribution in [-0.2, 0) is 7.05 Å². The minimum atomic E-state index is -1.89. The summed E-state index contributed by atoms with van der Waals surface area (Å²) >= 11 is 0. The molecule has 7 rings (SSSR count). The van der Waals surface area contributed by atoms with Gasteiger partial charge in [0, 0.05) is 22.9 Å². The Morgan fingerprint density at radius 2 is 1.45 bits per heavy atom. The lowest BCUT2D eigenvalue weighted by atomic mass is 9.97. The fourth-order valence-corrected chi connectivity index (χ4v) is 9.45. The van der Waals surface area contributed by atoms with E-state index in [2.05, 4.69) is 111 Å². The highest BCUT2D eigenvalue weighted by Gasteiger charge is 2.37. The average Bonchev–Trinajstić information content (AvgIpc) is 3.38. The van der Waals surface area contributed by atoms with Gasteiger partial charge in [-0.3, -0.25) is 0 Å². The first-order valence-corrected chi connectivity index (χ1v) is 16.1. The van der Waals surface area contributed by atoms with Crippen molar-refractivity contribution < 1.29 is 13.4 Å². The van der Waals surface area contributed by atoms with Crippen molar-refractivity contribution >= 4 is 40.4 Å². The molecule has 0 aliphatic carbocycles. The van der Waals surface area contributed by atoms with Crippen molar-refractivity contribution in [2.24, 2.45) is 7.05 Å². The maximum atomic E-state index is 15.7. The molecule has 0 saturated carbocycles. The lowest BCUT2D eigenvalue weighted by Crippen LogP contribution is -2.49. The van der Waals surface area contributed by atoms with Crippen LogP contribution in [0.25, 0.3) is 55.4 Å². The molecular formula is C34H29FNOSi+. The Balaban J connectivity index is 1.51. The van der Waals surface area contributed by atoms with Crippen LogP contribution in [0, 0.1) is 19.7 Å². The molecule has 6 aromatic rings. The molecule has 0 unspecified atom stereocenters. The Kier molecular flexibility index (Phi) is 4.86. The van der Waals surface area contributed by atoms with Crippen LogP contribution >= 0.6 is 0 Å². The van der Waals surface area contributed by atoms with Crippen molar-refractivity contribution in [1.29, 1.82) is 0 Å². The van der Waals surface area contributed by atoms with E-state index in [9.17, 15) is 0 Å². The minimum Gasteiger partial charge on any atom is -0.454 e. The third kappa shape index (κ3) is 3.13. The van der Waals surface area contributed by atoms with Gasteiger partial charge < -0.3 is 4.42 Å². The predicted octanol–water partition coefficient (Wildman–Crippen LogP) is 7.30. The Morgan fingerprint density at radius 3 is 2.26 bits per heavy atom. The van der Waals surface area contributed by atoms with Crippen LogP contribution in [0.5, 0.6) is 0 Å². The SMILES string of the molecule is Cc1cc[n+](C)c(-c2c(C)ccc3c2oc2c(-c4ccc5c(c4)[Si](C)(C)c4ccccc4-5)c(F)ccc23)c1. The normalized spacial score (nSPS) is 13.7. The molecule has 0 atom stereocenters. The van der Waals surface area contributed by atoms with Crippen molar-refractivity contribution in [2.75, 3.05) is 0 Å². The number of hydrogen-bond acceptors (Lipinski definition) is 1. The second-order valence-corrected chi connectivity index (χ2v) is 15.5. The van der Waals surface area contributed by atoms with E-state index >= 15 is 4.39 Å². The quantitative estimate of drug-likeness (QED) is 0.175. The van der Waals surface area contributed by atoms with Gasteiger partial charge in [0.1, 0.15) is 32.1 Å². The van der Waals surface area contributed by atoms with Gasteiger partial charge in [0.05, 0.1) is 11.1 Å². The molecule has 0 saturated heterocycles. The fraction of sp³-hybridized carbons (Fsp3) is 0.147. The van der Waals surface area contributed by atoms with Crippen molar-refractivity contribution in [2.45, 2.75) is 26.9 Å². The Bertz CT molecular complexity index is 1950. The van der Waals surface area contributed by atoms with Crippen LogP contribution in [0.15, 0.2) is 89.5 Å². The molecule has 2 nitrogen and oxygen atoms in total. The fourth-order valence-electron chi connectivity index (χ4n) is 6.35. The van der Waals surface area contributed by atoms with E-state index in [1.807, 2.05) is 6.07 Å². The average molecular weight is 515 g/mol. The van der Waals surface area contributed by atoms with Gasteiger partial charge in [-0.15, -0.1) is 0 Å². The molecule has 0 N–H and O–H groups in total. The van der Waals surface area contributed by atoms with Gasteiger partial charge in [-0.1, -0.05) is 67.7 Å². The van der Waals surface area contributed by atoms with Crippen molar-refractivity contribution in [3.05, 3.63) is 102 Å². The molecule has 4 aromatic carbocycles. The molecule has 186 valence electrons. The number of aromatic nitrogens is 1. The van der Waals surface area contributed by atoms with E-state index in [0.717, 1.165) is 38.7 Å². The van der Waals surface area contributed by atoms with Crippen LogP contribution in [0.3, 0.4) is 0 Å². The summed E-state index contributed by atoms with van der Waals surface area (Å²) in [5.74, 6) is -0.258. The standard InChI is InChI=1S/C34H29FNOSi/c1-20-16-17-36(3)28(18-20)31-21(2)10-12-25-26-14-15-27(35)32(34(26)37-33(25)31)22-11-13-24-23-8-6-7-9-29(23)38(4,5)30(24)19-22/h6-19H,1-5H3/q+1. The highest BCUT2D eigenvalue weighted by molar-refractivity contribution is 7.03. The number of hydrogen-bond donors (Lipinski definition) is 0. The van der Waals surface area contributed by atoms with E-state index in [0.29, 0.717) is 11.1 Å². The highest BCUT2D eigenvalue weighted by atomic mass is 28.3. The van der Waals surface area contributed by atoms with Gasteiger partial charge >= 0.3 is 0 Å². The number of halogens is 1. The van der Waals surface area contributed by atoms with Crippen LogP contribution < -0.4 is 14.9 Å². The maximum absolute atomic E-state index is 15.7. The van der Waals surface area contributed by atoms with E-state index in [4.69, 9.17) is 4.42 Å². The molecule has 38 heavy (non-hydrogen) atoms. The minimum absolute atomic E-state index is 0.258. The summed E-state index contributed by atoms with van der Waals surface area (Å²) in [5, 5.41) is 4.74. The summed E-state index contributed by atoms with van der Waals surface area (Å²) in [7, 11) is 0.160. The number of nitrogens with zero attached hydrogens (tertiary/aromatic N) is 1. The predicted molar refractivity (Wildman–Crippen MR) is 157 cm³/mol. The smallest absolute Gasteiger partial charge is 0.216 e. The Labute approximate surface area is 223 Å².